The Bertz CT molecular complexity index is 1660. The lowest BCUT2D eigenvalue weighted by molar-refractivity contribution is 0.0691. The highest BCUT2D eigenvalue weighted by Gasteiger charge is 2.30. The van der Waals surface area contributed by atoms with Gasteiger partial charge < -0.3 is 15.6 Å². The molecule has 2 heterocycles. The quantitative estimate of drug-likeness (QED) is 0.165. The van der Waals surface area contributed by atoms with Crippen LogP contribution in [0.2, 0.25) is 0 Å². The van der Waals surface area contributed by atoms with E-state index in [2.05, 4.69) is 9.71 Å². The third kappa shape index (κ3) is 6.35. The van der Waals surface area contributed by atoms with Gasteiger partial charge in [-0.25, -0.2) is 22.9 Å². The number of ether oxygens (including phenoxy) is 1. The summed E-state index contributed by atoms with van der Waals surface area (Å²) in [6.07, 6.45) is 8.17. The van der Waals surface area contributed by atoms with Crippen LogP contribution >= 0.6 is 11.3 Å². The monoisotopic (exact) mass is 607 g/mol. The fraction of sp³-hybridized carbons (Fsp3) is 0.367. The lowest BCUT2D eigenvalue weighted by atomic mass is 9.96. The van der Waals surface area contributed by atoms with Crippen molar-refractivity contribution >= 4 is 33.9 Å². The normalized spacial score (nSPS) is 15.4. The third-order valence-corrected chi connectivity index (χ3v) is 9.13. The third-order valence-electron chi connectivity index (χ3n) is 7.87. The lowest BCUT2D eigenvalue weighted by Gasteiger charge is -2.17. The Hall–Kier alpha value is -3.74. The molecule has 0 atom stereocenters. The van der Waals surface area contributed by atoms with E-state index < -0.39 is 16.9 Å². The van der Waals surface area contributed by atoms with Gasteiger partial charge in [-0.1, -0.05) is 24.3 Å². The molecule has 12 heteroatoms. The first-order valence-corrected chi connectivity index (χ1v) is 16.2. The SMILES string of the molecule is NCc1ccc(-c2nn(-c3nc(C(=O)O)cs3)c(CC3CC3)c2Cc2ccc(N[SH](=O)=O)cc2)cc1OC1CCCC1. The molecule has 4 N–H and O–H groups in total. The maximum atomic E-state index is 11.6. The highest BCUT2D eigenvalue weighted by Crippen LogP contribution is 2.39. The number of hydrogen-bond donors (Lipinski definition) is 4. The Morgan fingerprint density at radius 3 is 2.52 bits per heavy atom. The van der Waals surface area contributed by atoms with Crippen LogP contribution < -0.4 is 15.2 Å². The maximum Gasteiger partial charge on any atom is 0.355 e. The summed E-state index contributed by atoms with van der Waals surface area (Å²) >= 11 is 1.26. The molecule has 2 aromatic carbocycles. The number of carboxylic acids is 1. The second-order valence-corrected chi connectivity index (χ2v) is 12.5. The van der Waals surface area contributed by atoms with Gasteiger partial charge in [0.1, 0.15) is 5.75 Å². The summed E-state index contributed by atoms with van der Waals surface area (Å²) in [5.41, 5.74) is 12.2. The van der Waals surface area contributed by atoms with E-state index in [1.807, 2.05) is 35.0 Å². The zero-order chi connectivity index (χ0) is 29.2. The topological polar surface area (TPSA) is 149 Å². The Labute approximate surface area is 249 Å². The van der Waals surface area contributed by atoms with Gasteiger partial charge in [-0.15, -0.1) is 11.3 Å². The average Bonchev–Trinajstić information content (AvgIpc) is 3.31. The van der Waals surface area contributed by atoms with Crippen LogP contribution in [0.15, 0.2) is 47.8 Å². The predicted molar refractivity (Wildman–Crippen MR) is 162 cm³/mol. The smallest absolute Gasteiger partial charge is 0.355 e. The number of carboxylic acid groups (broad SMARTS) is 1. The fourth-order valence-electron chi connectivity index (χ4n) is 5.50. The van der Waals surface area contributed by atoms with Crippen molar-refractivity contribution in [2.24, 2.45) is 11.7 Å². The summed E-state index contributed by atoms with van der Waals surface area (Å²) in [5.74, 6) is 0.232. The van der Waals surface area contributed by atoms with Gasteiger partial charge in [-0.3, -0.25) is 4.72 Å². The molecule has 2 aliphatic rings. The van der Waals surface area contributed by atoms with E-state index in [9.17, 15) is 18.3 Å². The van der Waals surface area contributed by atoms with Crippen LogP contribution in [0.3, 0.4) is 0 Å². The van der Waals surface area contributed by atoms with Gasteiger partial charge in [-0.05, 0) is 74.6 Å². The van der Waals surface area contributed by atoms with E-state index in [4.69, 9.17) is 15.6 Å². The van der Waals surface area contributed by atoms with Crippen molar-refractivity contribution < 1.29 is 23.1 Å². The number of thiazole rings is 1. The first kappa shape index (κ1) is 28.4. The molecular weight excluding hydrogens is 574 g/mol. The van der Waals surface area contributed by atoms with Gasteiger partial charge in [0.15, 0.2) is 5.69 Å². The van der Waals surface area contributed by atoms with Crippen LogP contribution in [-0.2, 0) is 30.3 Å². The van der Waals surface area contributed by atoms with Crippen molar-refractivity contribution in [2.45, 2.75) is 64.0 Å². The molecule has 0 radical (unpaired) electrons. The molecule has 0 unspecified atom stereocenters. The summed E-state index contributed by atoms with van der Waals surface area (Å²) in [5, 5.41) is 16.6. The van der Waals surface area contributed by atoms with Crippen molar-refractivity contribution in [3.63, 3.8) is 0 Å². The second kappa shape index (κ2) is 12.2. The molecule has 0 saturated heterocycles. The first-order valence-electron chi connectivity index (χ1n) is 14.2. The minimum absolute atomic E-state index is 0.00897. The number of nitrogens with zero attached hydrogens (tertiary/aromatic N) is 3. The Morgan fingerprint density at radius 1 is 1.12 bits per heavy atom. The van der Waals surface area contributed by atoms with E-state index in [-0.39, 0.29) is 11.8 Å². The molecule has 2 fully saturated rings. The largest absolute Gasteiger partial charge is 0.490 e. The van der Waals surface area contributed by atoms with E-state index >= 15 is 0 Å². The van der Waals surface area contributed by atoms with Crippen LogP contribution in [0.25, 0.3) is 16.4 Å². The molecule has 0 spiro atoms. The van der Waals surface area contributed by atoms with Gasteiger partial charge in [-0.2, -0.15) is 5.10 Å². The summed E-state index contributed by atoms with van der Waals surface area (Å²) < 4.78 is 32.9. The molecule has 6 rings (SSSR count). The van der Waals surface area contributed by atoms with E-state index in [0.717, 1.165) is 84.3 Å². The molecule has 0 amide bonds. The van der Waals surface area contributed by atoms with Gasteiger partial charge in [0, 0.05) is 40.7 Å². The van der Waals surface area contributed by atoms with Crippen molar-refractivity contribution in [1.29, 1.82) is 0 Å². The number of anilines is 1. The fourth-order valence-corrected chi connectivity index (χ4v) is 6.63. The zero-order valence-corrected chi connectivity index (χ0v) is 24.7. The zero-order valence-electron chi connectivity index (χ0n) is 23.0. The number of aromatic nitrogens is 3. The Kier molecular flexibility index (Phi) is 8.27. The molecule has 42 heavy (non-hydrogen) atoms. The van der Waals surface area contributed by atoms with E-state index in [1.165, 1.54) is 16.7 Å². The van der Waals surface area contributed by atoms with E-state index in [0.29, 0.717) is 29.7 Å². The number of aromatic carboxylic acids is 1. The molecule has 0 aliphatic heterocycles. The van der Waals surface area contributed by atoms with E-state index in [1.54, 1.807) is 12.1 Å². The van der Waals surface area contributed by atoms with Crippen LogP contribution in [0, 0.1) is 5.92 Å². The molecule has 4 aromatic rings. The summed E-state index contributed by atoms with van der Waals surface area (Å²) in [6, 6.07) is 13.3. The van der Waals surface area contributed by atoms with Gasteiger partial charge in [0.05, 0.1) is 17.5 Å². The maximum absolute atomic E-state index is 11.6. The first-order chi connectivity index (χ1) is 20.4. The molecule has 2 aliphatic carbocycles. The van der Waals surface area contributed by atoms with Crippen molar-refractivity contribution in [3.8, 4) is 22.1 Å². The minimum Gasteiger partial charge on any atom is -0.490 e. The number of thiol groups is 1. The number of nitrogens with two attached hydrogens (primary N) is 1. The molecule has 2 aromatic heterocycles. The van der Waals surface area contributed by atoms with Crippen LogP contribution in [0.5, 0.6) is 5.75 Å². The van der Waals surface area contributed by atoms with Crippen LogP contribution in [0.1, 0.15) is 71.4 Å². The predicted octanol–water partition coefficient (Wildman–Crippen LogP) is 4.96. The van der Waals surface area contributed by atoms with Gasteiger partial charge in [0.25, 0.3) is 0 Å². The number of rotatable bonds is 12. The minimum atomic E-state index is -2.75. The Balaban J connectivity index is 1.46. The lowest BCUT2D eigenvalue weighted by Crippen LogP contribution is -2.13. The molecule has 10 nitrogen and oxygen atoms in total. The molecule has 2 saturated carbocycles. The van der Waals surface area contributed by atoms with Crippen molar-refractivity contribution in [1.82, 2.24) is 14.8 Å². The Morgan fingerprint density at radius 2 is 1.88 bits per heavy atom. The summed E-state index contributed by atoms with van der Waals surface area (Å²) in [7, 11) is -2.75. The van der Waals surface area contributed by atoms with Crippen molar-refractivity contribution in [3.05, 3.63) is 75.9 Å². The summed E-state index contributed by atoms with van der Waals surface area (Å²) in [4.78, 5) is 16.0. The molecular formula is C30H33N5O5S2. The number of benzene rings is 2. The summed E-state index contributed by atoms with van der Waals surface area (Å²) in [6.45, 7) is 0.364. The second-order valence-electron chi connectivity index (χ2n) is 10.9. The number of hydrogen-bond acceptors (Lipinski definition) is 8. The number of carbonyl (C=O) groups is 1. The molecule has 0 bridgehead atoms. The highest BCUT2D eigenvalue weighted by molar-refractivity contribution is 7.73. The van der Waals surface area contributed by atoms with Crippen molar-refractivity contribution in [2.75, 3.05) is 4.72 Å². The van der Waals surface area contributed by atoms with Gasteiger partial charge >= 0.3 is 5.97 Å². The standard InChI is InChI=1S/C30H33N5O5S2/c31-16-21-10-9-20(15-27(21)40-23-3-1-2-4-23)28-24(13-18-7-11-22(12-8-18)34-42(38)39)26(14-19-5-6-19)35(33-28)30-32-25(17-41-30)29(36)37/h7-12,15,17,19,23,42H,1-6,13-14,16,31H2,(H,36,37)(H,34,38,39). The van der Waals surface area contributed by atoms with Gasteiger partial charge in [0.2, 0.25) is 16.0 Å². The number of nitrogens with one attached hydrogen (secondary N) is 1. The average molecular weight is 608 g/mol. The van der Waals surface area contributed by atoms with Crippen LogP contribution in [0.4, 0.5) is 5.69 Å². The highest BCUT2D eigenvalue weighted by atomic mass is 32.2. The van der Waals surface area contributed by atoms with Crippen LogP contribution in [-0.4, -0.2) is 40.4 Å². The molecule has 220 valence electrons.